The highest BCUT2D eigenvalue weighted by atomic mass is 16.2. The molecule has 1 aliphatic carbocycles. The Morgan fingerprint density at radius 3 is 2.67 bits per heavy atom. The van der Waals surface area contributed by atoms with Crippen LogP contribution in [0.2, 0.25) is 0 Å². The summed E-state index contributed by atoms with van der Waals surface area (Å²) in [6.45, 7) is 5.47. The van der Waals surface area contributed by atoms with Crippen molar-refractivity contribution in [2.75, 3.05) is 26.7 Å². The van der Waals surface area contributed by atoms with Crippen molar-refractivity contribution in [2.24, 2.45) is 17.8 Å². The molecule has 0 aromatic heterocycles. The van der Waals surface area contributed by atoms with Gasteiger partial charge in [0.15, 0.2) is 0 Å². The molecule has 1 saturated heterocycles. The van der Waals surface area contributed by atoms with Gasteiger partial charge in [0.2, 0.25) is 5.91 Å². The molecule has 2 fully saturated rings. The fraction of sp³-hybridized carbons (Fsp3) is 0.933. The predicted octanol–water partition coefficient (Wildman–Crippen LogP) is 2.27. The first-order valence-electron chi connectivity index (χ1n) is 7.61. The van der Waals surface area contributed by atoms with Gasteiger partial charge in [0.1, 0.15) is 0 Å². The number of carbonyl (C=O) groups is 1. The molecule has 1 saturated carbocycles. The van der Waals surface area contributed by atoms with Crippen molar-refractivity contribution >= 4 is 5.91 Å². The zero-order valence-electron chi connectivity index (χ0n) is 12.0. The summed E-state index contributed by atoms with van der Waals surface area (Å²) in [5.41, 5.74) is 0. The van der Waals surface area contributed by atoms with E-state index in [-0.39, 0.29) is 0 Å². The monoisotopic (exact) mass is 252 g/mol. The topological polar surface area (TPSA) is 32.3 Å². The van der Waals surface area contributed by atoms with Crippen LogP contribution in [-0.2, 0) is 4.79 Å². The molecule has 2 rings (SSSR count). The number of carbonyl (C=O) groups excluding carboxylic acids is 1. The third-order valence-electron chi connectivity index (χ3n) is 4.82. The second kappa shape index (κ2) is 6.55. The Hall–Kier alpha value is -0.570. The standard InChI is InChI=1S/C15H28N2O/c1-12(14-7-4-8-16-10-14)9-15(18)17(2)11-13-5-3-6-13/h12-14,16H,3-11H2,1-2H3. The third-order valence-corrected chi connectivity index (χ3v) is 4.82. The fourth-order valence-corrected chi connectivity index (χ4v) is 3.13. The second-order valence-electron chi connectivity index (χ2n) is 6.36. The lowest BCUT2D eigenvalue weighted by molar-refractivity contribution is -0.132. The summed E-state index contributed by atoms with van der Waals surface area (Å²) in [5, 5.41) is 3.44. The van der Waals surface area contributed by atoms with Gasteiger partial charge in [-0.3, -0.25) is 4.79 Å². The van der Waals surface area contributed by atoms with Crippen LogP contribution in [0.1, 0.15) is 45.4 Å². The zero-order valence-corrected chi connectivity index (χ0v) is 12.0. The molecular formula is C15H28N2O. The van der Waals surface area contributed by atoms with Gasteiger partial charge < -0.3 is 10.2 Å². The molecule has 2 aliphatic rings. The van der Waals surface area contributed by atoms with Crippen LogP contribution in [-0.4, -0.2) is 37.5 Å². The minimum absolute atomic E-state index is 0.347. The van der Waals surface area contributed by atoms with E-state index >= 15 is 0 Å². The minimum Gasteiger partial charge on any atom is -0.345 e. The van der Waals surface area contributed by atoms with Crippen molar-refractivity contribution in [3.63, 3.8) is 0 Å². The quantitative estimate of drug-likeness (QED) is 0.814. The Labute approximate surface area is 111 Å². The molecule has 1 amide bonds. The highest BCUT2D eigenvalue weighted by Gasteiger charge is 2.25. The van der Waals surface area contributed by atoms with E-state index in [2.05, 4.69) is 12.2 Å². The Kier molecular flexibility index (Phi) is 5.04. The molecular weight excluding hydrogens is 224 g/mol. The lowest BCUT2D eigenvalue weighted by Crippen LogP contribution is -2.38. The van der Waals surface area contributed by atoms with Gasteiger partial charge in [-0.1, -0.05) is 13.3 Å². The van der Waals surface area contributed by atoms with Gasteiger partial charge in [-0.15, -0.1) is 0 Å². The summed E-state index contributed by atoms with van der Waals surface area (Å²) >= 11 is 0. The van der Waals surface area contributed by atoms with Crippen molar-refractivity contribution in [1.82, 2.24) is 10.2 Å². The van der Waals surface area contributed by atoms with Crippen molar-refractivity contribution in [2.45, 2.75) is 45.4 Å². The van der Waals surface area contributed by atoms with Crippen LogP contribution in [0.3, 0.4) is 0 Å². The van der Waals surface area contributed by atoms with Gasteiger partial charge in [0, 0.05) is 20.0 Å². The van der Waals surface area contributed by atoms with Crippen LogP contribution < -0.4 is 5.32 Å². The Morgan fingerprint density at radius 1 is 1.33 bits per heavy atom. The Balaban J connectivity index is 1.71. The van der Waals surface area contributed by atoms with Crippen LogP contribution in [0.4, 0.5) is 0 Å². The van der Waals surface area contributed by atoms with E-state index in [0.29, 0.717) is 17.7 Å². The highest BCUT2D eigenvalue weighted by Crippen LogP contribution is 2.28. The van der Waals surface area contributed by atoms with E-state index in [0.717, 1.165) is 32.0 Å². The summed E-state index contributed by atoms with van der Waals surface area (Å²) in [4.78, 5) is 14.1. The molecule has 1 aliphatic heterocycles. The lowest BCUT2D eigenvalue weighted by atomic mass is 9.84. The van der Waals surface area contributed by atoms with Crippen molar-refractivity contribution in [1.29, 1.82) is 0 Å². The molecule has 2 unspecified atom stereocenters. The van der Waals surface area contributed by atoms with Crippen molar-refractivity contribution in [3.8, 4) is 0 Å². The molecule has 2 atom stereocenters. The molecule has 1 N–H and O–H groups in total. The maximum Gasteiger partial charge on any atom is 0.222 e. The average molecular weight is 252 g/mol. The molecule has 3 heteroatoms. The largest absolute Gasteiger partial charge is 0.345 e. The molecule has 0 bridgehead atoms. The predicted molar refractivity (Wildman–Crippen MR) is 74.4 cm³/mol. The van der Waals surface area contributed by atoms with E-state index in [1.54, 1.807) is 0 Å². The number of hydrogen-bond donors (Lipinski definition) is 1. The number of nitrogens with one attached hydrogen (secondary N) is 1. The van der Waals surface area contributed by atoms with Gasteiger partial charge in [0.05, 0.1) is 0 Å². The second-order valence-corrected chi connectivity index (χ2v) is 6.36. The summed E-state index contributed by atoms with van der Waals surface area (Å²) in [5.74, 6) is 2.35. The van der Waals surface area contributed by atoms with Gasteiger partial charge in [-0.25, -0.2) is 0 Å². The van der Waals surface area contributed by atoms with E-state index in [9.17, 15) is 4.79 Å². The van der Waals surface area contributed by atoms with Crippen molar-refractivity contribution in [3.05, 3.63) is 0 Å². The first kappa shape index (κ1) is 13.9. The molecule has 3 nitrogen and oxygen atoms in total. The summed E-state index contributed by atoms with van der Waals surface area (Å²) < 4.78 is 0. The number of piperidine rings is 1. The average Bonchev–Trinajstić information content (AvgIpc) is 2.34. The number of rotatable bonds is 5. The maximum absolute atomic E-state index is 12.2. The summed E-state index contributed by atoms with van der Waals surface area (Å²) in [6.07, 6.45) is 7.28. The summed E-state index contributed by atoms with van der Waals surface area (Å²) in [7, 11) is 1.98. The number of nitrogens with zero attached hydrogens (tertiary/aromatic N) is 1. The summed E-state index contributed by atoms with van der Waals surface area (Å²) in [6, 6.07) is 0. The normalized spacial score (nSPS) is 26.4. The van der Waals surface area contributed by atoms with Crippen molar-refractivity contribution < 1.29 is 4.79 Å². The van der Waals surface area contributed by atoms with Crippen LogP contribution in [0.15, 0.2) is 0 Å². The molecule has 1 heterocycles. The first-order chi connectivity index (χ1) is 8.66. The van der Waals surface area contributed by atoms with Gasteiger partial charge >= 0.3 is 0 Å². The molecule has 0 aromatic carbocycles. The van der Waals surface area contributed by atoms with Gasteiger partial charge in [-0.05, 0) is 56.5 Å². The first-order valence-corrected chi connectivity index (χ1v) is 7.61. The SMILES string of the molecule is CC(CC(=O)N(C)CC1CCC1)C1CCCNC1. The molecule has 104 valence electrons. The molecule has 0 spiro atoms. The van der Waals surface area contributed by atoms with E-state index in [1.165, 1.54) is 32.1 Å². The maximum atomic E-state index is 12.2. The van der Waals surface area contributed by atoms with Crippen LogP contribution in [0.25, 0.3) is 0 Å². The minimum atomic E-state index is 0.347. The smallest absolute Gasteiger partial charge is 0.222 e. The van der Waals surface area contributed by atoms with E-state index < -0.39 is 0 Å². The highest BCUT2D eigenvalue weighted by molar-refractivity contribution is 5.76. The lowest BCUT2D eigenvalue weighted by Gasteiger charge is -2.32. The van der Waals surface area contributed by atoms with Gasteiger partial charge in [0.25, 0.3) is 0 Å². The van der Waals surface area contributed by atoms with Crippen LogP contribution in [0, 0.1) is 17.8 Å². The van der Waals surface area contributed by atoms with E-state index in [1.807, 2.05) is 11.9 Å². The number of amides is 1. The Bertz CT molecular complexity index is 270. The zero-order chi connectivity index (χ0) is 13.0. The number of hydrogen-bond acceptors (Lipinski definition) is 2. The Morgan fingerprint density at radius 2 is 2.11 bits per heavy atom. The fourth-order valence-electron chi connectivity index (χ4n) is 3.13. The van der Waals surface area contributed by atoms with Crippen LogP contribution >= 0.6 is 0 Å². The third kappa shape index (κ3) is 3.71. The van der Waals surface area contributed by atoms with Gasteiger partial charge in [-0.2, -0.15) is 0 Å². The van der Waals surface area contributed by atoms with Crippen LogP contribution in [0.5, 0.6) is 0 Å². The van der Waals surface area contributed by atoms with E-state index in [4.69, 9.17) is 0 Å². The molecule has 0 aromatic rings. The molecule has 18 heavy (non-hydrogen) atoms. The molecule has 0 radical (unpaired) electrons.